The number of nitrogens with zero attached hydrogens (tertiary/aromatic N) is 5. The minimum Gasteiger partial charge on any atom is -0.394 e. The van der Waals surface area contributed by atoms with Crippen LogP contribution in [0.2, 0.25) is 0 Å². The summed E-state index contributed by atoms with van der Waals surface area (Å²) < 4.78 is 34.6. The number of rotatable bonds is 10. The molecule has 3 aromatic rings. The number of ether oxygens (including phenoxy) is 1. The summed E-state index contributed by atoms with van der Waals surface area (Å²) in [4.78, 5) is 9.48. The molecule has 0 spiro atoms. The Morgan fingerprint density at radius 2 is 2.09 bits per heavy atom. The van der Waals surface area contributed by atoms with Crippen LogP contribution in [0, 0.1) is 11.6 Å². The zero-order valence-electron chi connectivity index (χ0n) is 19.0. The third kappa shape index (κ3) is 4.87. The molecule has 182 valence electrons. The highest BCUT2D eigenvalue weighted by molar-refractivity contribution is 7.99. The minimum absolute atomic E-state index is 0.0143. The Labute approximate surface area is 200 Å². The van der Waals surface area contributed by atoms with Crippen LogP contribution in [0.25, 0.3) is 11.2 Å². The van der Waals surface area contributed by atoms with E-state index < -0.39 is 11.6 Å². The zero-order valence-corrected chi connectivity index (χ0v) is 19.8. The predicted octanol–water partition coefficient (Wildman–Crippen LogP) is 4.07. The van der Waals surface area contributed by atoms with Crippen LogP contribution in [-0.2, 0) is 4.74 Å². The first-order valence-electron chi connectivity index (χ1n) is 11.8. The summed E-state index contributed by atoms with van der Waals surface area (Å²) in [5.41, 5.74) is 2.07. The number of anilines is 1. The second-order valence-corrected chi connectivity index (χ2v) is 9.92. The molecule has 2 aliphatic carbocycles. The number of aromatic nitrogens is 5. The van der Waals surface area contributed by atoms with Gasteiger partial charge in [-0.05, 0) is 49.8 Å². The number of halogens is 2. The molecule has 0 radical (unpaired) electrons. The molecule has 4 atom stereocenters. The standard InChI is InChI=1S/C23H28F2N6O2S/c1-2-9-34-23-27-21(26-19-12-16(19)13-3-6-17(24)18(25)10-13)20-22(28-23)31(30-29-20)14-4-5-15(11-14)33-8-7-32/h3,6,10,14-16,19,32H,2,4-5,7-9,11-12H2,1H3,(H,26,27,28)/t14-,15+,16-,19?/m0/s1. The number of nitrogens with one attached hydrogen (secondary N) is 1. The number of fused-ring (bicyclic) bond motifs is 1. The van der Waals surface area contributed by atoms with Crippen LogP contribution in [0.3, 0.4) is 0 Å². The molecule has 0 aliphatic heterocycles. The normalized spacial score (nSPS) is 24.1. The van der Waals surface area contributed by atoms with Crippen LogP contribution in [-0.4, -0.2) is 61.2 Å². The Kier molecular flexibility index (Phi) is 6.94. The van der Waals surface area contributed by atoms with Gasteiger partial charge in [0.2, 0.25) is 0 Å². The average Bonchev–Trinajstić information content (AvgIpc) is 3.23. The SMILES string of the molecule is CCCSc1nc(NC2C[C@H]2c2ccc(F)c(F)c2)c2nnn([C@H]3CC[C@@H](OCCO)C3)c2n1. The molecule has 0 saturated heterocycles. The number of hydrogen-bond donors (Lipinski definition) is 2. The number of aliphatic hydroxyl groups excluding tert-OH is 1. The Morgan fingerprint density at radius 1 is 1.21 bits per heavy atom. The Balaban J connectivity index is 1.38. The van der Waals surface area contributed by atoms with Gasteiger partial charge in [0.15, 0.2) is 33.8 Å². The van der Waals surface area contributed by atoms with Crippen molar-refractivity contribution in [1.82, 2.24) is 25.0 Å². The van der Waals surface area contributed by atoms with E-state index in [4.69, 9.17) is 19.8 Å². The first kappa shape index (κ1) is 23.4. The molecule has 2 N–H and O–H groups in total. The van der Waals surface area contributed by atoms with Crippen LogP contribution in [0.4, 0.5) is 14.6 Å². The van der Waals surface area contributed by atoms with Crippen molar-refractivity contribution in [1.29, 1.82) is 0 Å². The summed E-state index contributed by atoms with van der Waals surface area (Å²) in [5, 5.41) is 22.0. The molecule has 2 aliphatic rings. The third-order valence-corrected chi connectivity index (χ3v) is 7.42. The molecular weight excluding hydrogens is 462 g/mol. The van der Waals surface area contributed by atoms with Gasteiger partial charge in [0.05, 0.1) is 25.4 Å². The molecule has 1 unspecified atom stereocenters. The van der Waals surface area contributed by atoms with Crippen molar-refractivity contribution in [3.8, 4) is 0 Å². The van der Waals surface area contributed by atoms with E-state index in [1.54, 1.807) is 17.8 Å². The first-order chi connectivity index (χ1) is 16.6. The molecule has 5 rings (SSSR count). The lowest BCUT2D eigenvalue weighted by molar-refractivity contribution is 0.0309. The van der Waals surface area contributed by atoms with Crippen molar-refractivity contribution in [3.05, 3.63) is 35.4 Å². The first-order valence-corrected chi connectivity index (χ1v) is 12.8. The monoisotopic (exact) mass is 490 g/mol. The van der Waals surface area contributed by atoms with Gasteiger partial charge in [-0.2, -0.15) is 0 Å². The maximum atomic E-state index is 13.7. The minimum atomic E-state index is -0.837. The predicted molar refractivity (Wildman–Crippen MR) is 125 cm³/mol. The van der Waals surface area contributed by atoms with Crippen LogP contribution in [0.5, 0.6) is 0 Å². The fraction of sp³-hybridized carbons (Fsp3) is 0.565. The largest absolute Gasteiger partial charge is 0.394 e. The lowest BCUT2D eigenvalue weighted by atomic mass is 10.1. The fourth-order valence-electron chi connectivity index (χ4n) is 4.57. The molecule has 1 aromatic carbocycles. The van der Waals surface area contributed by atoms with Crippen LogP contribution in [0.15, 0.2) is 23.4 Å². The quantitative estimate of drug-likeness (QED) is 0.324. The van der Waals surface area contributed by atoms with E-state index in [2.05, 4.69) is 22.6 Å². The summed E-state index contributed by atoms with van der Waals surface area (Å²) in [5.74, 6) is -0.0613. The van der Waals surface area contributed by atoms with Gasteiger partial charge in [-0.3, -0.25) is 0 Å². The second-order valence-electron chi connectivity index (χ2n) is 8.86. The van der Waals surface area contributed by atoms with E-state index in [1.807, 2.05) is 4.68 Å². The van der Waals surface area contributed by atoms with E-state index in [0.717, 1.165) is 43.4 Å². The van der Waals surface area contributed by atoms with Gasteiger partial charge >= 0.3 is 0 Å². The molecule has 11 heteroatoms. The molecule has 2 fully saturated rings. The summed E-state index contributed by atoms with van der Waals surface area (Å²) in [6.45, 7) is 2.46. The molecule has 34 heavy (non-hydrogen) atoms. The smallest absolute Gasteiger partial charge is 0.191 e. The highest BCUT2D eigenvalue weighted by Gasteiger charge is 2.40. The van der Waals surface area contributed by atoms with Crippen LogP contribution in [0.1, 0.15) is 56.6 Å². The molecule has 8 nitrogen and oxygen atoms in total. The molecule has 2 heterocycles. The fourth-order valence-corrected chi connectivity index (χ4v) is 5.26. The van der Waals surface area contributed by atoms with Crippen LogP contribution < -0.4 is 5.32 Å². The van der Waals surface area contributed by atoms with E-state index in [-0.39, 0.29) is 30.7 Å². The average molecular weight is 491 g/mol. The second kappa shape index (κ2) is 10.1. The Hall–Kier alpha value is -2.37. The van der Waals surface area contributed by atoms with Gasteiger partial charge in [0, 0.05) is 17.7 Å². The number of benzene rings is 1. The lowest BCUT2D eigenvalue weighted by Crippen LogP contribution is -2.14. The Morgan fingerprint density at radius 3 is 2.88 bits per heavy atom. The molecule has 0 amide bonds. The van der Waals surface area contributed by atoms with Gasteiger partial charge in [-0.1, -0.05) is 30.0 Å². The van der Waals surface area contributed by atoms with Gasteiger partial charge in [-0.15, -0.1) is 5.10 Å². The number of aliphatic hydroxyl groups is 1. The van der Waals surface area contributed by atoms with Crippen molar-refractivity contribution in [2.75, 3.05) is 24.3 Å². The molecule has 2 saturated carbocycles. The van der Waals surface area contributed by atoms with Gasteiger partial charge < -0.3 is 15.2 Å². The van der Waals surface area contributed by atoms with Crippen molar-refractivity contribution in [2.24, 2.45) is 0 Å². The van der Waals surface area contributed by atoms with Gasteiger partial charge in [0.1, 0.15) is 0 Å². The number of hydrogen-bond acceptors (Lipinski definition) is 8. The third-order valence-electron chi connectivity index (χ3n) is 6.37. The van der Waals surface area contributed by atoms with Crippen LogP contribution >= 0.6 is 11.8 Å². The molecule has 2 aromatic heterocycles. The molecular formula is C23H28F2N6O2S. The van der Waals surface area contributed by atoms with Crippen molar-refractivity contribution < 1.29 is 18.6 Å². The summed E-state index contributed by atoms with van der Waals surface area (Å²) in [7, 11) is 0. The highest BCUT2D eigenvalue weighted by Crippen LogP contribution is 2.44. The maximum Gasteiger partial charge on any atom is 0.191 e. The van der Waals surface area contributed by atoms with Crippen molar-refractivity contribution in [2.45, 2.75) is 68.3 Å². The topological polar surface area (TPSA) is 98.0 Å². The van der Waals surface area contributed by atoms with E-state index in [1.165, 1.54) is 12.1 Å². The lowest BCUT2D eigenvalue weighted by Gasteiger charge is -2.13. The van der Waals surface area contributed by atoms with Crippen molar-refractivity contribution >= 4 is 28.7 Å². The zero-order chi connectivity index (χ0) is 23.7. The summed E-state index contributed by atoms with van der Waals surface area (Å²) >= 11 is 1.59. The summed E-state index contributed by atoms with van der Waals surface area (Å²) in [6, 6.07) is 4.25. The number of thioether (sulfide) groups is 1. The summed E-state index contributed by atoms with van der Waals surface area (Å²) in [6.07, 6.45) is 4.49. The molecule has 0 bridgehead atoms. The Bertz CT molecular complexity index is 1160. The van der Waals surface area contributed by atoms with Gasteiger partial charge in [0.25, 0.3) is 0 Å². The highest BCUT2D eigenvalue weighted by atomic mass is 32.2. The van der Waals surface area contributed by atoms with E-state index in [9.17, 15) is 8.78 Å². The van der Waals surface area contributed by atoms with E-state index in [0.29, 0.717) is 28.7 Å². The van der Waals surface area contributed by atoms with Gasteiger partial charge in [-0.25, -0.2) is 23.4 Å². The van der Waals surface area contributed by atoms with E-state index >= 15 is 0 Å². The maximum absolute atomic E-state index is 13.7. The van der Waals surface area contributed by atoms with Crippen molar-refractivity contribution in [3.63, 3.8) is 0 Å².